The first-order chi connectivity index (χ1) is 8.61. The summed E-state index contributed by atoms with van der Waals surface area (Å²) < 4.78 is 0.969. The van der Waals surface area contributed by atoms with Gasteiger partial charge in [-0.3, -0.25) is 0 Å². The molecule has 5 nitrogen and oxygen atoms in total. The van der Waals surface area contributed by atoms with E-state index in [-0.39, 0.29) is 5.84 Å². The van der Waals surface area contributed by atoms with Crippen LogP contribution in [0.15, 0.2) is 27.8 Å². The Bertz CT molecular complexity index is 455. The second-order valence-electron chi connectivity index (χ2n) is 4.44. The fraction of sp³-hybridized carbons (Fsp3) is 0.417. The molecule has 1 aromatic carbocycles. The molecule has 1 fully saturated rings. The molecule has 1 aliphatic rings. The molecule has 6 heteroatoms. The number of oxime groups is 1. The van der Waals surface area contributed by atoms with Crippen molar-refractivity contribution in [3.05, 3.63) is 28.2 Å². The molecule has 0 amide bonds. The summed E-state index contributed by atoms with van der Waals surface area (Å²) in [5.41, 5.74) is 7.43. The molecule has 0 atom stereocenters. The summed E-state index contributed by atoms with van der Waals surface area (Å²) in [5.74, 6) is 0.126. The van der Waals surface area contributed by atoms with Crippen LogP contribution in [0.5, 0.6) is 0 Å². The van der Waals surface area contributed by atoms with Gasteiger partial charge >= 0.3 is 0 Å². The van der Waals surface area contributed by atoms with Crippen LogP contribution in [0.1, 0.15) is 5.56 Å². The van der Waals surface area contributed by atoms with Crippen molar-refractivity contribution in [3.63, 3.8) is 0 Å². The van der Waals surface area contributed by atoms with Crippen LogP contribution in [0.3, 0.4) is 0 Å². The van der Waals surface area contributed by atoms with Crippen molar-refractivity contribution >= 4 is 27.5 Å². The van der Waals surface area contributed by atoms with E-state index in [2.05, 4.69) is 37.9 Å². The molecule has 0 unspecified atom stereocenters. The zero-order chi connectivity index (χ0) is 13.1. The van der Waals surface area contributed by atoms with Crippen molar-refractivity contribution < 1.29 is 5.21 Å². The van der Waals surface area contributed by atoms with Gasteiger partial charge in [0.15, 0.2) is 5.84 Å². The van der Waals surface area contributed by atoms with Crippen LogP contribution in [0.25, 0.3) is 0 Å². The highest BCUT2D eigenvalue weighted by Crippen LogP contribution is 2.28. The maximum absolute atomic E-state index is 8.66. The summed E-state index contributed by atoms with van der Waals surface area (Å²) in [7, 11) is 2.13. The SMILES string of the molecule is CN1CCN(c2ccc(/C(N)=N/O)cc2Br)CC1. The number of nitrogens with two attached hydrogens (primary N) is 1. The number of piperazine rings is 1. The number of benzene rings is 1. The Morgan fingerprint density at radius 2 is 2.00 bits per heavy atom. The molecular formula is C12H17BrN4O. The molecule has 1 heterocycles. The number of nitrogens with zero attached hydrogens (tertiary/aromatic N) is 3. The molecule has 18 heavy (non-hydrogen) atoms. The largest absolute Gasteiger partial charge is 0.409 e. The van der Waals surface area contributed by atoms with Crippen LogP contribution in [0.2, 0.25) is 0 Å². The van der Waals surface area contributed by atoms with Gasteiger partial charge in [0.05, 0.1) is 5.69 Å². The van der Waals surface area contributed by atoms with Gasteiger partial charge < -0.3 is 20.7 Å². The topological polar surface area (TPSA) is 65.1 Å². The lowest BCUT2D eigenvalue weighted by molar-refractivity contribution is 0.312. The van der Waals surface area contributed by atoms with Gasteiger partial charge in [-0.2, -0.15) is 0 Å². The van der Waals surface area contributed by atoms with E-state index >= 15 is 0 Å². The highest BCUT2D eigenvalue weighted by Gasteiger charge is 2.16. The van der Waals surface area contributed by atoms with Crippen molar-refractivity contribution in [1.29, 1.82) is 0 Å². The Morgan fingerprint density at radius 3 is 2.56 bits per heavy atom. The monoisotopic (exact) mass is 312 g/mol. The van der Waals surface area contributed by atoms with Crippen molar-refractivity contribution in [2.45, 2.75) is 0 Å². The number of halogens is 1. The third-order valence-electron chi connectivity index (χ3n) is 3.20. The van der Waals surface area contributed by atoms with Gasteiger partial charge in [-0.15, -0.1) is 0 Å². The predicted octanol–water partition coefficient (Wildman–Crippen LogP) is 1.30. The van der Waals surface area contributed by atoms with Crippen molar-refractivity contribution in [3.8, 4) is 0 Å². The predicted molar refractivity (Wildman–Crippen MR) is 76.4 cm³/mol. The molecule has 98 valence electrons. The standard InChI is InChI=1S/C12H17BrN4O/c1-16-4-6-17(7-5-16)11-3-2-9(8-10(11)13)12(14)15-18/h2-3,8,18H,4-7H2,1H3,(H2,14,15). The summed E-state index contributed by atoms with van der Waals surface area (Å²) in [6.07, 6.45) is 0. The molecule has 0 radical (unpaired) electrons. The fourth-order valence-corrected chi connectivity index (χ4v) is 2.66. The minimum atomic E-state index is 0.126. The minimum Gasteiger partial charge on any atom is -0.409 e. The summed E-state index contributed by atoms with van der Waals surface area (Å²) in [6.45, 7) is 4.15. The Hall–Kier alpha value is -1.27. The molecule has 1 aliphatic heterocycles. The Labute approximate surface area is 115 Å². The van der Waals surface area contributed by atoms with Crippen LogP contribution in [-0.2, 0) is 0 Å². The summed E-state index contributed by atoms with van der Waals surface area (Å²) >= 11 is 3.55. The molecule has 3 N–H and O–H groups in total. The first kappa shape index (κ1) is 13.2. The highest BCUT2D eigenvalue weighted by molar-refractivity contribution is 9.10. The smallest absolute Gasteiger partial charge is 0.170 e. The maximum atomic E-state index is 8.66. The van der Waals surface area contributed by atoms with E-state index in [0.717, 1.165) is 36.3 Å². The number of hydrogen-bond acceptors (Lipinski definition) is 4. The first-order valence-corrected chi connectivity index (χ1v) is 6.62. The van der Waals surface area contributed by atoms with Crippen LogP contribution < -0.4 is 10.6 Å². The molecule has 0 spiro atoms. The number of hydrogen-bond donors (Lipinski definition) is 2. The Morgan fingerprint density at radius 1 is 1.33 bits per heavy atom. The zero-order valence-electron chi connectivity index (χ0n) is 10.3. The second-order valence-corrected chi connectivity index (χ2v) is 5.30. The van der Waals surface area contributed by atoms with Gasteiger partial charge in [0.2, 0.25) is 0 Å². The molecule has 1 saturated heterocycles. The molecule has 1 aromatic rings. The normalized spacial score (nSPS) is 18.1. The average molecular weight is 313 g/mol. The average Bonchev–Trinajstić information content (AvgIpc) is 2.39. The quantitative estimate of drug-likeness (QED) is 0.374. The van der Waals surface area contributed by atoms with E-state index in [1.165, 1.54) is 0 Å². The van der Waals surface area contributed by atoms with Crippen molar-refractivity contribution in [2.75, 3.05) is 38.1 Å². The van der Waals surface area contributed by atoms with Gasteiger partial charge in [0, 0.05) is 36.2 Å². The molecule has 0 saturated carbocycles. The Kier molecular flexibility index (Phi) is 4.08. The van der Waals surface area contributed by atoms with Crippen LogP contribution >= 0.6 is 15.9 Å². The summed E-state index contributed by atoms with van der Waals surface area (Å²) in [4.78, 5) is 4.65. The third kappa shape index (κ3) is 2.76. The van der Waals surface area contributed by atoms with E-state index in [1.807, 2.05) is 18.2 Å². The van der Waals surface area contributed by atoms with Gasteiger partial charge in [-0.25, -0.2) is 0 Å². The van der Waals surface area contributed by atoms with E-state index < -0.39 is 0 Å². The van der Waals surface area contributed by atoms with E-state index in [1.54, 1.807) is 0 Å². The van der Waals surface area contributed by atoms with E-state index in [9.17, 15) is 0 Å². The second kappa shape index (κ2) is 5.58. The number of amidine groups is 1. The van der Waals surface area contributed by atoms with Gasteiger partial charge in [0.25, 0.3) is 0 Å². The van der Waals surface area contributed by atoms with Crippen molar-refractivity contribution in [1.82, 2.24) is 4.90 Å². The molecular weight excluding hydrogens is 296 g/mol. The lowest BCUT2D eigenvalue weighted by atomic mass is 10.1. The lowest BCUT2D eigenvalue weighted by Gasteiger charge is -2.34. The highest BCUT2D eigenvalue weighted by atomic mass is 79.9. The molecule has 0 aromatic heterocycles. The van der Waals surface area contributed by atoms with Crippen LogP contribution in [0, 0.1) is 0 Å². The zero-order valence-corrected chi connectivity index (χ0v) is 11.9. The van der Waals surface area contributed by atoms with Gasteiger partial charge in [0.1, 0.15) is 0 Å². The van der Waals surface area contributed by atoms with E-state index in [4.69, 9.17) is 10.9 Å². The van der Waals surface area contributed by atoms with Crippen molar-refractivity contribution in [2.24, 2.45) is 10.9 Å². The summed E-state index contributed by atoms with van der Waals surface area (Å²) in [6, 6.07) is 5.75. The van der Waals surface area contributed by atoms with E-state index in [0.29, 0.717) is 5.56 Å². The molecule has 0 aliphatic carbocycles. The lowest BCUT2D eigenvalue weighted by Crippen LogP contribution is -2.44. The van der Waals surface area contributed by atoms with Gasteiger partial charge in [-0.1, -0.05) is 5.16 Å². The summed E-state index contributed by atoms with van der Waals surface area (Å²) in [5, 5.41) is 11.7. The Balaban J connectivity index is 2.20. The van der Waals surface area contributed by atoms with Gasteiger partial charge in [-0.05, 0) is 41.2 Å². The third-order valence-corrected chi connectivity index (χ3v) is 3.83. The fourth-order valence-electron chi connectivity index (χ4n) is 2.03. The van der Waals surface area contributed by atoms with Crippen LogP contribution in [0.4, 0.5) is 5.69 Å². The molecule has 0 bridgehead atoms. The number of rotatable bonds is 2. The number of anilines is 1. The maximum Gasteiger partial charge on any atom is 0.170 e. The minimum absolute atomic E-state index is 0.126. The van der Waals surface area contributed by atoms with Crippen LogP contribution in [-0.4, -0.2) is 49.2 Å². The molecule has 2 rings (SSSR count). The first-order valence-electron chi connectivity index (χ1n) is 5.83. The number of likely N-dealkylation sites (N-methyl/N-ethyl adjacent to an activating group) is 1.